The van der Waals surface area contributed by atoms with E-state index in [0.29, 0.717) is 23.3 Å². The Morgan fingerprint density at radius 3 is 2.37 bits per heavy atom. The highest BCUT2D eigenvalue weighted by atomic mass is 35.5. The summed E-state index contributed by atoms with van der Waals surface area (Å²) in [6, 6.07) is 21.8. The van der Waals surface area contributed by atoms with Crippen LogP contribution in [0.4, 0.5) is 0 Å². The number of rotatable bonds is 10. The first-order valence-corrected chi connectivity index (χ1v) is 10.5. The first-order valence-electron chi connectivity index (χ1n) is 9.73. The van der Waals surface area contributed by atoms with Crippen molar-refractivity contribution in [3.63, 3.8) is 0 Å². The molecular weight excluding hydrogens is 441 g/mol. The Balaban J connectivity index is 0.00000320. The van der Waals surface area contributed by atoms with Crippen molar-refractivity contribution in [2.24, 2.45) is 0 Å². The highest BCUT2D eigenvalue weighted by Crippen LogP contribution is 2.29. The van der Waals surface area contributed by atoms with Gasteiger partial charge in [0, 0.05) is 16.6 Å². The molecule has 30 heavy (non-hydrogen) atoms. The molecule has 0 fully saturated rings. The van der Waals surface area contributed by atoms with Crippen molar-refractivity contribution in [1.29, 1.82) is 0 Å². The highest BCUT2D eigenvalue weighted by molar-refractivity contribution is 6.35. The van der Waals surface area contributed by atoms with E-state index in [1.54, 1.807) is 6.07 Å². The van der Waals surface area contributed by atoms with E-state index in [-0.39, 0.29) is 12.4 Å². The number of nitrogens with one attached hydrogen (secondary N) is 1. The lowest BCUT2D eigenvalue weighted by Crippen LogP contribution is -2.17. The summed E-state index contributed by atoms with van der Waals surface area (Å²) in [4.78, 5) is 0. The number of hydrogen-bond donors (Lipinski definition) is 1. The Hall–Kier alpha value is -1.91. The fourth-order valence-electron chi connectivity index (χ4n) is 2.97. The van der Waals surface area contributed by atoms with Crippen molar-refractivity contribution in [3.05, 3.63) is 93.5 Å². The molecule has 0 aliphatic carbocycles. The van der Waals surface area contributed by atoms with Crippen molar-refractivity contribution in [1.82, 2.24) is 5.32 Å². The summed E-state index contributed by atoms with van der Waals surface area (Å²) >= 11 is 12.2. The molecule has 0 amide bonds. The molecule has 160 valence electrons. The molecule has 6 heteroatoms. The predicted molar refractivity (Wildman–Crippen MR) is 128 cm³/mol. The minimum absolute atomic E-state index is 0. The van der Waals surface area contributed by atoms with Crippen molar-refractivity contribution in [2.45, 2.75) is 26.5 Å². The molecule has 3 rings (SSSR count). The van der Waals surface area contributed by atoms with Crippen LogP contribution in [0.3, 0.4) is 0 Å². The van der Waals surface area contributed by atoms with E-state index in [2.05, 4.69) is 11.4 Å². The molecule has 0 saturated carbocycles. The molecule has 0 spiro atoms. The van der Waals surface area contributed by atoms with Gasteiger partial charge in [-0.3, -0.25) is 0 Å². The summed E-state index contributed by atoms with van der Waals surface area (Å²) in [5.74, 6) is 1.52. The van der Waals surface area contributed by atoms with Gasteiger partial charge in [0.25, 0.3) is 0 Å². The zero-order chi connectivity index (χ0) is 20.5. The van der Waals surface area contributed by atoms with Crippen LogP contribution in [0.2, 0.25) is 10.0 Å². The van der Waals surface area contributed by atoms with Crippen LogP contribution in [0.5, 0.6) is 11.5 Å². The van der Waals surface area contributed by atoms with Gasteiger partial charge in [-0.15, -0.1) is 12.4 Å². The lowest BCUT2D eigenvalue weighted by molar-refractivity contribution is 0.269. The topological polar surface area (TPSA) is 30.5 Å². The molecule has 0 aromatic heterocycles. The monoisotopic (exact) mass is 465 g/mol. The van der Waals surface area contributed by atoms with E-state index in [1.165, 1.54) is 0 Å². The quantitative estimate of drug-likeness (QED) is 0.336. The zero-order valence-electron chi connectivity index (χ0n) is 16.9. The van der Waals surface area contributed by atoms with Crippen LogP contribution in [0.1, 0.15) is 23.6 Å². The average molecular weight is 467 g/mol. The highest BCUT2D eigenvalue weighted by Gasteiger charge is 2.08. The normalized spacial score (nSPS) is 10.4. The van der Waals surface area contributed by atoms with Crippen LogP contribution in [0.25, 0.3) is 0 Å². The van der Waals surface area contributed by atoms with E-state index >= 15 is 0 Å². The second-order valence-electron chi connectivity index (χ2n) is 6.65. The zero-order valence-corrected chi connectivity index (χ0v) is 19.2. The van der Waals surface area contributed by atoms with Gasteiger partial charge in [-0.1, -0.05) is 65.7 Å². The van der Waals surface area contributed by atoms with Gasteiger partial charge in [-0.25, -0.2) is 0 Å². The SMILES string of the molecule is CCOc1cc(CNCCc2ccc(Cl)cc2Cl)ccc1OCc1ccccc1.Cl. The molecule has 3 aromatic carbocycles. The second-order valence-corrected chi connectivity index (χ2v) is 7.49. The predicted octanol–water partition coefficient (Wildman–Crippen LogP) is 6.73. The average Bonchev–Trinajstić information content (AvgIpc) is 2.73. The van der Waals surface area contributed by atoms with Gasteiger partial charge in [0.05, 0.1) is 6.61 Å². The molecule has 3 aromatic rings. The maximum Gasteiger partial charge on any atom is 0.161 e. The van der Waals surface area contributed by atoms with Crippen LogP contribution in [0, 0.1) is 0 Å². The van der Waals surface area contributed by atoms with Crippen LogP contribution >= 0.6 is 35.6 Å². The standard InChI is InChI=1S/C24H25Cl2NO2.ClH/c1-2-28-24-14-19(8-11-23(24)29-17-18-6-4-3-5-7-18)16-27-13-12-20-9-10-21(25)15-22(20)26;/h3-11,14-15,27H,2,12-13,16-17H2,1H3;1H. The minimum Gasteiger partial charge on any atom is -0.490 e. The van der Waals surface area contributed by atoms with Gasteiger partial charge in [0.15, 0.2) is 11.5 Å². The molecule has 0 aliphatic heterocycles. The van der Waals surface area contributed by atoms with Crippen LogP contribution in [-0.4, -0.2) is 13.2 Å². The van der Waals surface area contributed by atoms with E-state index < -0.39 is 0 Å². The Labute approximate surface area is 194 Å². The summed E-state index contributed by atoms with van der Waals surface area (Å²) in [5, 5.41) is 4.81. The van der Waals surface area contributed by atoms with Gasteiger partial charge in [-0.05, 0) is 60.8 Å². The molecule has 1 N–H and O–H groups in total. The summed E-state index contributed by atoms with van der Waals surface area (Å²) in [6.45, 7) is 4.64. The Morgan fingerprint density at radius 1 is 0.833 bits per heavy atom. The molecule has 0 aliphatic rings. The number of benzene rings is 3. The van der Waals surface area contributed by atoms with Crippen molar-refractivity contribution < 1.29 is 9.47 Å². The van der Waals surface area contributed by atoms with Crippen molar-refractivity contribution in [3.8, 4) is 11.5 Å². The molecule has 0 radical (unpaired) electrons. The Kier molecular flexibility index (Phi) is 10.3. The van der Waals surface area contributed by atoms with Gasteiger partial charge < -0.3 is 14.8 Å². The lowest BCUT2D eigenvalue weighted by Gasteiger charge is -2.14. The largest absolute Gasteiger partial charge is 0.490 e. The van der Waals surface area contributed by atoms with Gasteiger partial charge in [0.1, 0.15) is 6.61 Å². The van der Waals surface area contributed by atoms with Crippen molar-refractivity contribution >= 4 is 35.6 Å². The number of hydrogen-bond acceptors (Lipinski definition) is 3. The molecular formula is C24H26Cl3NO2. The van der Waals surface area contributed by atoms with E-state index in [4.69, 9.17) is 32.7 Å². The molecule has 3 nitrogen and oxygen atoms in total. The third kappa shape index (κ3) is 7.41. The Bertz CT molecular complexity index is 920. The molecule has 0 atom stereocenters. The van der Waals surface area contributed by atoms with Crippen LogP contribution < -0.4 is 14.8 Å². The van der Waals surface area contributed by atoms with Gasteiger partial charge in [-0.2, -0.15) is 0 Å². The maximum atomic E-state index is 6.23. The smallest absolute Gasteiger partial charge is 0.161 e. The summed E-state index contributed by atoms with van der Waals surface area (Å²) in [6.07, 6.45) is 0.840. The summed E-state index contributed by atoms with van der Waals surface area (Å²) in [5.41, 5.74) is 3.35. The molecule has 0 heterocycles. The van der Waals surface area contributed by atoms with E-state index in [0.717, 1.165) is 47.7 Å². The van der Waals surface area contributed by atoms with E-state index in [1.807, 2.05) is 61.5 Å². The molecule has 0 unspecified atom stereocenters. The third-order valence-corrected chi connectivity index (χ3v) is 5.05. The van der Waals surface area contributed by atoms with Crippen LogP contribution in [0.15, 0.2) is 66.7 Å². The summed E-state index contributed by atoms with van der Waals surface area (Å²) in [7, 11) is 0. The van der Waals surface area contributed by atoms with Gasteiger partial charge in [0.2, 0.25) is 0 Å². The van der Waals surface area contributed by atoms with E-state index in [9.17, 15) is 0 Å². The summed E-state index contributed by atoms with van der Waals surface area (Å²) < 4.78 is 11.8. The third-order valence-electron chi connectivity index (χ3n) is 4.46. The number of ether oxygens (including phenoxy) is 2. The fraction of sp³-hybridized carbons (Fsp3) is 0.250. The second kappa shape index (κ2) is 12.7. The first-order chi connectivity index (χ1) is 14.2. The first kappa shape index (κ1) is 24.4. The van der Waals surface area contributed by atoms with Crippen molar-refractivity contribution in [2.75, 3.05) is 13.2 Å². The van der Waals surface area contributed by atoms with Gasteiger partial charge >= 0.3 is 0 Å². The molecule has 0 bridgehead atoms. The lowest BCUT2D eigenvalue weighted by atomic mass is 10.1. The Morgan fingerprint density at radius 2 is 1.63 bits per heavy atom. The maximum absolute atomic E-state index is 6.23. The fourth-order valence-corrected chi connectivity index (χ4v) is 3.47. The van der Waals surface area contributed by atoms with Crippen LogP contribution in [-0.2, 0) is 19.6 Å². The molecule has 0 saturated heterocycles. The number of halogens is 3. The minimum atomic E-state index is 0.